The number of esters is 1. The zero-order valence-electron chi connectivity index (χ0n) is 16.4. The highest BCUT2D eigenvalue weighted by Gasteiger charge is 2.33. The lowest BCUT2D eigenvalue weighted by Crippen LogP contribution is -2.45. The molecule has 0 radical (unpaired) electrons. The van der Waals surface area contributed by atoms with E-state index < -0.39 is 12.0 Å². The zero-order valence-corrected chi connectivity index (χ0v) is 18.8. The van der Waals surface area contributed by atoms with Crippen LogP contribution in [0.5, 0.6) is 0 Å². The third-order valence-electron chi connectivity index (χ3n) is 5.25. The molecule has 4 rings (SSSR count). The number of methoxy groups -OCH3 is 1. The van der Waals surface area contributed by atoms with Crippen molar-refractivity contribution in [3.05, 3.63) is 62.1 Å². The number of hydrogen-bond donors (Lipinski definition) is 3. The number of rotatable bonds is 4. The zero-order chi connectivity index (χ0) is 21.4. The number of fused-ring (bicyclic) bond motifs is 1. The van der Waals surface area contributed by atoms with Crippen LogP contribution in [0.15, 0.2) is 35.5 Å². The summed E-state index contributed by atoms with van der Waals surface area (Å²) in [6, 6.07) is 6.81. The monoisotopic (exact) mass is 461 g/mol. The summed E-state index contributed by atoms with van der Waals surface area (Å²) in [7, 11) is 1.35. The molecule has 156 valence electrons. The summed E-state index contributed by atoms with van der Waals surface area (Å²) >= 11 is 12.8. The highest BCUT2D eigenvalue weighted by molar-refractivity contribution is 7.80. The smallest absolute Gasteiger partial charge is 0.341 e. The van der Waals surface area contributed by atoms with Gasteiger partial charge < -0.3 is 20.7 Å². The topological polar surface area (TPSA) is 79.5 Å². The molecule has 6 nitrogen and oxygen atoms in total. The Morgan fingerprint density at radius 3 is 2.70 bits per heavy atom. The number of thiophene rings is 1. The summed E-state index contributed by atoms with van der Waals surface area (Å²) in [4.78, 5) is 26.9. The molecule has 3 N–H and O–H groups in total. The van der Waals surface area contributed by atoms with E-state index >= 15 is 0 Å². The Bertz CT molecular complexity index is 1080. The number of anilines is 1. The Morgan fingerprint density at radius 2 is 2.00 bits per heavy atom. The molecule has 1 aromatic heterocycles. The van der Waals surface area contributed by atoms with Crippen molar-refractivity contribution >= 4 is 57.1 Å². The largest absolute Gasteiger partial charge is 0.465 e. The molecule has 0 spiro atoms. The molecule has 1 aromatic carbocycles. The van der Waals surface area contributed by atoms with Crippen molar-refractivity contribution in [2.45, 2.75) is 32.2 Å². The van der Waals surface area contributed by atoms with Gasteiger partial charge in [-0.25, -0.2) is 4.79 Å². The highest BCUT2D eigenvalue weighted by atomic mass is 35.5. The Hall–Kier alpha value is -2.42. The lowest BCUT2D eigenvalue weighted by Gasteiger charge is -2.30. The quantitative estimate of drug-likeness (QED) is 0.469. The van der Waals surface area contributed by atoms with Gasteiger partial charge in [0.15, 0.2) is 5.11 Å². The normalized spacial score (nSPS) is 17.8. The molecular formula is C21H20ClN3O3S2. The molecule has 1 aliphatic carbocycles. The summed E-state index contributed by atoms with van der Waals surface area (Å²) in [5, 5.41) is 10.7. The van der Waals surface area contributed by atoms with E-state index in [4.69, 9.17) is 28.6 Å². The van der Waals surface area contributed by atoms with Gasteiger partial charge in [0.2, 0.25) is 0 Å². The van der Waals surface area contributed by atoms with Gasteiger partial charge in [0.05, 0.1) is 24.3 Å². The molecule has 9 heteroatoms. The van der Waals surface area contributed by atoms with Gasteiger partial charge in [-0.1, -0.05) is 23.7 Å². The first kappa shape index (κ1) is 20.8. The van der Waals surface area contributed by atoms with Gasteiger partial charge in [-0.05, 0) is 61.7 Å². The molecule has 0 unspecified atom stereocenters. The van der Waals surface area contributed by atoms with Crippen molar-refractivity contribution in [3.8, 4) is 0 Å². The number of ether oxygens (including phenoxy) is 1. The Morgan fingerprint density at radius 1 is 1.27 bits per heavy atom. The number of carbonyl (C=O) groups is 2. The van der Waals surface area contributed by atoms with Crippen molar-refractivity contribution in [2.24, 2.45) is 0 Å². The van der Waals surface area contributed by atoms with Crippen LogP contribution >= 0.6 is 35.2 Å². The van der Waals surface area contributed by atoms with Gasteiger partial charge in [-0.2, -0.15) is 0 Å². The van der Waals surface area contributed by atoms with Crippen LogP contribution in [-0.4, -0.2) is 24.1 Å². The molecule has 0 bridgehead atoms. The molecule has 1 amide bonds. The van der Waals surface area contributed by atoms with Gasteiger partial charge in [-0.15, -0.1) is 11.3 Å². The molecule has 2 aliphatic rings. The van der Waals surface area contributed by atoms with Crippen LogP contribution in [-0.2, 0) is 22.4 Å². The number of allylic oxidation sites excluding steroid dienone is 1. The fourth-order valence-corrected chi connectivity index (χ4v) is 5.55. The second-order valence-corrected chi connectivity index (χ2v) is 9.08. The van der Waals surface area contributed by atoms with Crippen molar-refractivity contribution < 1.29 is 14.3 Å². The fraction of sp³-hybridized carbons (Fsp3) is 0.286. The van der Waals surface area contributed by atoms with Crippen LogP contribution in [0.4, 0.5) is 5.00 Å². The van der Waals surface area contributed by atoms with E-state index in [1.54, 1.807) is 19.1 Å². The van der Waals surface area contributed by atoms with Crippen molar-refractivity contribution in [3.63, 3.8) is 0 Å². The first-order valence-corrected chi connectivity index (χ1v) is 11.1. The van der Waals surface area contributed by atoms with E-state index in [0.29, 0.717) is 32.0 Å². The Balaban J connectivity index is 1.69. The minimum Gasteiger partial charge on any atom is -0.465 e. The first-order chi connectivity index (χ1) is 14.4. The first-order valence-electron chi connectivity index (χ1n) is 9.47. The summed E-state index contributed by atoms with van der Waals surface area (Å²) in [5.74, 6) is -0.731. The summed E-state index contributed by atoms with van der Waals surface area (Å²) in [6.07, 6.45) is 2.73. The SMILES string of the molecule is COC(=O)c1c(NC(=O)C2=C(C)NC(=S)N[C@@H]2c2ccc(Cl)cc2)sc2c1CCC2. The number of nitrogens with one attached hydrogen (secondary N) is 3. The van der Waals surface area contributed by atoms with E-state index in [9.17, 15) is 9.59 Å². The predicted molar refractivity (Wildman–Crippen MR) is 122 cm³/mol. The standard InChI is InChI=1S/C21H20ClN3O3S2/c1-10-15(17(24-21(29)23-10)11-6-8-12(22)9-7-11)18(26)25-19-16(20(27)28-2)13-4-3-5-14(13)30-19/h6-9,17H,3-5H2,1-2H3,(H,25,26)(H2,23,24,29)/t17-/m1/s1. The maximum atomic E-state index is 13.4. The van der Waals surface area contributed by atoms with Crippen LogP contribution in [0.1, 0.15) is 45.7 Å². The molecule has 0 saturated carbocycles. The Labute approximate surface area is 188 Å². The van der Waals surface area contributed by atoms with Crippen molar-refractivity contribution in [2.75, 3.05) is 12.4 Å². The molecular weight excluding hydrogens is 442 g/mol. The lowest BCUT2D eigenvalue weighted by atomic mass is 9.95. The second-order valence-electron chi connectivity index (χ2n) is 7.13. The highest BCUT2D eigenvalue weighted by Crippen LogP contribution is 2.40. The molecule has 2 aromatic rings. The molecule has 2 heterocycles. The van der Waals surface area contributed by atoms with Crippen LogP contribution in [0, 0.1) is 0 Å². The van der Waals surface area contributed by atoms with Crippen LogP contribution in [0.2, 0.25) is 5.02 Å². The summed E-state index contributed by atoms with van der Waals surface area (Å²) < 4.78 is 4.97. The van der Waals surface area contributed by atoms with E-state index in [1.165, 1.54) is 18.4 Å². The maximum Gasteiger partial charge on any atom is 0.341 e. The van der Waals surface area contributed by atoms with Crippen LogP contribution in [0.25, 0.3) is 0 Å². The van der Waals surface area contributed by atoms with E-state index in [0.717, 1.165) is 35.3 Å². The van der Waals surface area contributed by atoms with Crippen molar-refractivity contribution in [1.29, 1.82) is 0 Å². The van der Waals surface area contributed by atoms with Gasteiger partial charge >= 0.3 is 5.97 Å². The third-order valence-corrected chi connectivity index (χ3v) is 6.93. The summed E-state index contributed by atoms with van der Waals surface area (Å²) in [5.41, 5.74) is 3.46. The minimum absolute atomic E-state index is 0.306. The van der Waals surface area contributed by atoms with Crippen LogP contribution < -0.4 is 16.0 Å². The molecule has 1 atom stereocenters. The molecule has 0 fully saturated rings. The average Bonchev–Trinajstić information content (AvgIpc) is 3.28. The number of halogens is 1. The molecule has 30 heavy (non-hydrogen) atoms. The van der Waals surface area contributed by atoms with Gasteiger partial charge in [-0.3, -0.25) is 4.79 Å². The van der Waals surface area contributed by atoms with E-state index in [1.807, 2.05) is 12.1 Å². The Kier molecular flexibility index (Phi) is 5.81. The van der Waals surface area contributed by atoms with E-state index in [2.05, 4.69) is 16.0 Å². The number of thiocarbonyl (C=S) groups is 1. The predicted octanol–water partition coefficient (Wildman–Crippen LogP) is 4.11. The fourth-order valence-electron chi connectivity index (χ4n) is 3.88. The molecule has 0 saturated heterocycles. The number of amides is 1. The van der Waals surface area contributed by atoms with Crippen molar-refractivity contribution in [1.82, 2.24) is 10.6 Å². The summed E-state index contributed by atoms with van der Waals surface area (Å²) in [6.45, 7) is 1.81. The lowest BCUT2D eigenvalue weighted by molar-refractivity contribution is -0.113. The van der Waals surface area contributed by atoms with Gasteiger partial charge in [0, 0.05) is 15.6 Å². The average molecular weight is 462 g/mol. The van der Waals surface area contributed by atoms with Crippen LogP contribution in [0.3, 0.4) is 0 Å². The second kappa shape index (κ2) is 8.37. The number of hydrogen-bond acceptors (Lipinski definition) is 5. The van der Waals surface area contributed by atoms with Gasteiger partial charge in [0.25, 0.3) is 5.91 Å². The molecule has 1 aliphatic heterocycles. The minimum atomic E-state index is -0.440. The third kappa shape index (κ3) is 3.82. The maximum absolute atomic E-state index is 13.4. The number of carbonyl (C=O) groups excluding carboxylic acids is 2. The number of aryl methyl sites for hydroxylation is 1. The van der Waals surface area contributed by atoms with E-state index in [-0.39, 0.29) is 5.91 Å². The number of benzene rings is 1. The van der Waals surface area contributed by atoms with Gasteiger partial charge in [0.1, 0.15) is 5.00 Å².